The quantitative estimate of drug-likeness (QED) is 0.178. The topological polar surface area (TPSA) is 114 Å². The summed E-state index contributed by atoms with van der Waals surface area (Å²) >= 11 is 0. The first kappa shape index (κ1) is 22.3. The minimum atomic E-state index is -4.22. The van der Waals surface area contributed by atoms with Gasteiger partial charge in [0.05, 0.1) is 23.3 Å². The van der Waals surface area contributed by atoms with Crippen LogP contribution in [0.2, 0.25) is 0 Å². The summed E-state index contributed by atoms with van der Waals surface area (Å²) in [6.07, 6.45) is 1.70. The second kappa shape index (κ2) is 10.4. The molecular weight excluding hydrogens is 377 g/mol. The second-order valence-electron chi connectivity index (χ2n) is 4.80. The van der Waals surface area contributed by atoms with E-state index in [4.69, 9.17) is 9.47 Å². The third-order valence-corrected chi connectivity index (χ3v) is 3.73. The number of hydrogen-bond donors (Lipinski definition) is 0. The molecule has 1 heterocycles. The number of hydrogen-bond acceptors (Lipinski definition) is 8. The Morgan fingerprint density at radius 1 is 1.24 bits per heavy atom. The zero-order valence-corrected chi connectivity index (χ0v) is 17.9. The monoisotopic (exact) mass is 393 g/mol. The first-order valence-electron chi connectivity index (χ1n) is 7.19. The number of carbonyl (C=O) groups excluding carboxylic acids is 1. The number of carbonyl (C=O) groups is 1. The summed E-state index contributed by atoms with van der Waals surface area (Å²) < 4.78 is 42.0. The fourth-order valence-electron chi connectivity index (χ4n) is 1.88. The maximum Gasteiger partial charge on any atom is 1.00 e. The molecule has 0 saturated heterocycles. The van der Waals surface area contributed by atoms with Crippen molar-refractivity contribution in [1.82, 2.24) is 0 Å². The molecule has 130 valence electrons. The van der Waals surface area contributed by atoms with E-state index in [-0.39, 0.29) is 75.9 Å². The zero-order valence-electron chi connectivity index (χ0n) is 13.9. The summed E-state index contributed by atoms with van der Waals surface area (Å²) in [5.74, 6) is -0.383. The van der Waals surface area contributed by atoms with Crippen molar-refractivity contribution in [3.63, 3.8) is 0 Å². The van der Waals surface area contributed by atoms with E-state index in [1.807, 2.05) is 0 Å². The van der Waals surface area contributed by atoms with Crippen molar-refractivity contribution in [1.29, 1.82) is 0 Å². The molecule has 0 radical (unpaired) electrons. The molecule has 0 aromatic heterocycles. The summed E-state index contributed by atoms with van der Waals surface area (Å²) in [5.41, 5.74) is 0.942. The molecule has 0 N–H and O–H groups in total. The molecule has 0 aliphatic carbocycles. The van der Waals surface area contributed by atoms with Crippen LogP contribution in [-0.2, 0) is 24.5 Å². The number of rotatable bonds is 7. The Kier molecular flexibility index (Phi) is 9.28. The van der Waals surface area contributed by atoms with Gasteiger partial charge in [-0.25, -0.2) is 13.2 Å². The molecule has 0 spiro atoms. The molecule has 0 unspecified atom stereocenters. The van der Waals surface area contributed by atoms with Gasteiger partial charge in [-0.3, -0.25) is 0 Å². The van der Waals surface area contributed by atoms with Gasteiger partial charge in [-0.15, -0.1) is 0 Å². The average molecular weight is 393 g/mol. The number of nitrogens with zero attached hydrogens (tertiary/aromatic N) is 1. The second-order valence-corrected chi connectivity index (χ2v) is 6.32. The van der Waals surface area contributed by atoms with Gasteiger partial charge < -0.3 is 18.9 Å². The first-order valence-corrected chi connectivity index (χ1v) is 8.77. The van der Waals surface area contributed by atoms with Gasteiger partial charge in [-0.1, -0.05) is 12.1 Å². The summed E-state index contributed by atoms with van der Waals surface area (Å²) in [4.78, 5) is 16.2. The van der Waals surface area contributed by atoms with Crippen molar-refractivity contribution in [2.45, 2.75) is 13.3 Å². The Morgan fingerprint density at radius 3 is 2.52 bits per heavy atom. The zero-order chi connectivity index (χ0) is 17.6. The van der Waals surface area contributed by atoms with Gasteiger partial charge in [0.15, 0.2) is 0 Å². The van der Waals surface area contributed by atoms with E-state index in [1.54, 1.807) is 37.3 Å². The van der Waals surface area contributed by atoms with Gasteiger partial charge >= 0.3 is 57.4 Å². The molecule has 10 heteroatoms. The van der Waals surface area contributed by atoms with Gasteiger partial charge in [0.2, 0.25) is 0 Å². The van der Waals surface area contributed by atoms with Crippen LogP contribution in [0.3, 0.4) is 0 Å². The number of ether oxygens (including phenoxy) is 2. The summed E-state index contributed by atoms with van der Waals surface area (Å²) in [5, 5.41) is 3.55. The molecule has 0 atom stereocenters. The summed E-state index contributed by atoms with van der Waals surface area (Å²) in [7, 11) is -4.22. The van der Waals surface area contributed by atoms with Gasteiger partial charge in [0, 0.05) is 5.75 Å². The van der Waals surface area contributed by atoms with E-state index in [2.05, 4.69) is 9.99 Å². The van der Waals surface area contributed by atoms with Gasteiger partial charge in [0.25, 0.3) is 5.90 Å². The van der Waals surface area contributed by atoms with E-state index in [9.17, 15) is 17.8 Å². The molecule has 0 saturated carbocycles. The van der Waals surface area contributed by atoms with Crippen LogP contribution in [0.5, 0.6) is 5.75 Å². The van der Waals surface area contributed by atoms with Crippen LogP contribution in [0, 0.1) is 0 Å². The standard InChI is InChI=1S/C15H17NO7S.K/c1-2-21-14-13(15(17)23-16-14)10-11-4-6-12(7-5-11)22-8-3-9-24(18,19)20;/h4-7,10H,2-3,8-9H2,1H3,(H,18,19,20);/q;+1/p-1/b13-10-;. The Balaban J connectivity index is 0.00000312. The molecule has 0 amide bonds. The minimum absolute atomic E-state index is 0. The fraction of sp³-hybridized carbons (Fsp3) is 0.333. The molecule has 1 aromatic rings. The smallest absolute Gasteiger partial charge is 0.748 e. The summed E-state index contributed by atoms with van der Waals surface area (Å²) in [6, 6.07) is 6.75. The van der Waals surface area contributed by atoms with Gasteiger partial charge in [-0.2, -0.15) is 0 Å². The SMILES string of the molecule is CCOC1=NOC(=O)/C1=C\c1ccc(OCCCS(=O)(=O)[O-])cc1.[K+]. The van der Waals surface area contributed by atoms with Crippen molar-refractivity contribution in [2.24, 2.45) is 5.16 Å². The molecule has 0 bridgehead atoms. The maximum atomic E-state index is 11.6. The van der Waals surface area contributed by atoms with Gasteiger partial charge in [-0.05, 0) is 42.3 Å². The van der Waals surface area contributed by atoms with E-state index < -0.39 is 21.8 Å². The molecule has 1 aliphatic heterocycles. The molecule has 1 aromatic carbocycles. The molecule has 0 fully saturated rings. The van der Waals surface area contributed by atoms with Crippen molar-refractivity contribution in [3.8, 4) is 5.75 Å². The van der Waals surface area contributed by atoms with Crippen molar-refractivity contribution < 1.29 is 83.5 Å². The van der Waals surface area contributed by atoms with Crippen LogP contribution in [0.1, 0.15) is 18.9 Å². The number of oxime groups is 1. The minimum Gasteiger partial charge on any atom is -0.748 e. The molecule has 1 aliphatic rings. The Bertz CT molecular complexity index is 757. The van der Waals surface area contributed by atoms with Crippen molar-refractivity contribution >= 4 is 28.1 Å². The predicted octanol–water partition coefficient (Wildman–Crippen LogP) is -1.71. The molecule has 25 heavy (non-hydrogen) atoms. The largest absolute Gasteiger partial charge is 1.00 e. The van der Waals surface area contributed by atoms with Crippen LogP contribution >= 0.6 is 0 Å². The van der Waals surface area contributed by atoms with E-state index >= 15 is 0 Å². The fourth-order valence-corrected chi connectivity index (χ4v) is 2.35. The van der Waals surface area contributed by atoms with Crippen molar-refractivity contribution in [2.75, 3.05) is 19.0 Å². The third-order valence-electron chi connectivity index (χ3n) is 2.94. The van der Waals surface area contributed by atoms with Crippen LogP contribution < -0.4 is 56.1 Å². The molecular formula is C15H16KNO7S. The Labute approximate surface area is 188 Å². The third kappa shape index (κ3) is 7.56. The molecule has 2 rings (SSSR count). The normalized spacial score (nSPS) is 15.4. The Hall–Kier alpha value is -0.754. The first-order chi connectivity index (χ1) is 11.4. The van der Waals surface area contributed by atoms with Gasteiger partial charge in [0.1, 0.15) is 11.3 Å². The summed E-state index contributed by atoms with van der Waals surface area (Å²) in [6.45, 7) is 2.25. The van der Waals surface area contributed by atoms with E-state index in [0.717, 1.165) is 0 Å². The predicted molar refractivity (Wildman–Crippen MR) is 84.2 cm³/mol. The van der Waals surface area contributed by atoms with Crippen molar-refractivity contribution in [3.05, 3.63) is 35.4 Å². The maximum absolute atomic E-state index is 11.6. The molecule has 8 nitrogen and oxygen atoms in total. The van der Waals surface area contributed by atoms with Crippen LogP contribution in [0.25, 0.3) is 6.08 Å². The van der Waals surface area contributed by atoms with Crippen LogP contribution in [0.4, 0.5) is 0 Å². The average Bonchev–Trinajstić information content (AvgIpc) is 2.86. The number of benzene rings is 1. The Morgan fingerprint density at radius 2 is 1.92 bits per heavy atom. The van der Waals surface area contributed by atoms with E-state index in [1.165, 1.54) is 0 Å². The van der Waals surface area contributed by atoms with Crippen LogP contribution in [0.15, 0.2) is 35.0 Å². The van der Waals surface area contributed by atoms with Crippen LogP contribution in [-0.4, -0.2) is 43.8 Å². The van der Waals surface area contributed by atoms with E-state index in [0.29, 0.717) is 17.9 Å².